The summed E-state index contributed by atoms with van der Waals surface area (Å²) in [4.78, 5) is 48.4. The molecule has 1 atom stereocenters. The zero-order chi connectivity index (χ0) is 26.7. The maximum Gasteiger partial charge on any atom is 0.301 e. The number of ketones is 1. The van der Waals surface area contributed by atoms with Gasteiger partial charge in [-0.15, -0.1) is 0 Å². The van der Waals surface area contributed by atoms with Gasteiger partial charge in [-0.25, -0.2) is 9.97 Å². The van der Waals surface area contributed by atoms with Gasteiger partial charge in [0.2, 0.25) is 0 Å². The van der Waals surface area contributed by atoms with Crippen LogP contribution in [0, 0.1) is 24.0 Å². The van der Waals surface area contributed by atoms with E-state index in [4.69, 9.17) is 0 Å². The number of nitro groups is 1. The molecule has 1 aliphatic rings. The minimum Gasteiger partial charge on any atom is -0.505 e. The van der Waals surface area contributed by atoms with Crippen molar-refractivity contribution in [2.24, 2.45) is 0 Å². The number of aliphatic hydroxyl groups excluding tert-OH is 1. The monoisotopic (exact) mass is 525 g/mol. The average Bonchev–Trinajstić information content (AvgIpc) is 3.54. The van der Waals surface area contributed by atoms with Gasteiger partial charge in [-0.3, -0.25) is 29.0 Å². The summed E-state index contributed by atoms with van der Waals surface area (Å²) in [7, 11) is 0. The number of aliphatic hydroxyl groups is 1. The summed E-state index contributed by atoms with van der Waals surface area (Å²) in [5.74, 6) is -2.22. The molecule has 0 aliphatic carbocycles. The van der Waals surface area contributed by atoms with Crippen LogP contribution < -0.4 is 4.90 Å². The Morgan fingerprint density at radius 1 is 1.05 bits per heavy atom. The highest BCUT2D eigenvalue weighted by molar-refractivity contribution is 7.22. The molecule has 188 valence electrons. The van der Waals surface area contributed by atoms with Crippen molar-refractivity contribution in [3.05, 3.63) is 105 Å². The minimum absolute atomic E-state index is 0.195. The summed E-state index contributed by atoms with van der Waals surface area (Å²) in [5, 5.41) is 23.4. The number of imidazole rings is 1. The summed E-state index contributed by atoms with van der Waals surface area (Å²) >= 11 is 1.23. The van der Waals surface area contributed by atoms with Crippen molar-refractivity contribution in [3.8, 4) is 0 Å². The molecule has 0 saturated carbocycles. The number of anilines is 1. The first-order valence-corrected chi connectivity index (χ1v) is 12.4. The van der Waals surface area contributed by atoms with Gasteiger partial charge in [0.05, 0.1) is 32.4 Å². The molecule has 2 aromatic carbocycles. The molecule has 10 nitrogen and oxygen atoms in total. The van der Waals surface area contributed by atoms with Crippen LogP contribution in [0.4, 0.5) is 10.8 Å². The Labute approximate surface area is 219 Å². The normalized spacial score (nSPS) is 17.1. The largest absolute Gasteiger partial charge is 0.505 e. The van der Waals surface area contributed by atoms with E-state index in [0.717, 1.165) is 10.3 Å². The van der Waals surface area contributed by atoms with Crippen LogP contribution >= 0.6 is 11.3 Å². The lowest BCUT2D eigenvalue weighted by molar-refractivity contribution is -0.384. The van der Waals surface area contributed by atoms with Crippen LogP contribution in [0.1, 0.15) is 28.6 Å². The number of carbonyl (C=O) groups excluding carboxylic acids is 2. The number of fused-ring (bicyclic) bond motifs is 2. The van der Waals surface area contributed by atoms with Crippen LogP contribution in [0.5, 0.6) is 0 Å². The third kappa shape index (κ3) is 3.55. The number of pyridine rings is 1. The number of non-ortho nitro benzene ring substituents is 1. The number of benzene rings is 2. The van der Waals surface area contributed by atoms with Gasteiger partial charge in [0, 0.05) is 18.3 Å². The van der Waals surface area contributed by atoms with E-state index >= 15 is 0 Å². The molecule has 5 aromatic rings. The van der Waals surface area contributed by atoms with Gasteiger partial charge in [-0.1, -0.05) is 35.6 Å². The molecule has 38 heavy (non-hydrogen) atoms. The molecular formula is C27H19N5O5S. The van der Waals surface area contributed by atoms with Crippen molar-refractivity contribution in [1.82, 2.24) is 14.4 Å². The Hall–Kier alpha value is -4.90. The lowest BCUT2D eigenvalue weighted by Crippen LogP contribution is -2.29. The molecule has 1 fully saturated rings. The van der Waals surface area contributed by atoms with Crippen molar-refractivity contribution in [2.75, 3.05) is 4.90 Å². The number of nitro benzene ring substituents is 1. The Morgan fingerprint density at radius 2 is 1.87 bits per heavy atom. The molecular weight excluding hydrogens is 506 g/mol. The topological polar surface area (TPSA) is 131 Å². The van der Waals surface area contributed by atoms with Crippen LogP contribution in [-0.4, -0.2) is 36.1 Å². The Kier molecular flexibility index (Phi) is 5.31. The first-order valence-electron chi connectivity index (χ1n) is 11.6. The SMILES string of the molecule is Cc1ccc2nc(N3C(=O)C(=O)C(=C(O)c4c(C)nc5ccccn45)C3c3cccc([N+](=O)[O-])c3)sc2c1. The molecule has 0 spiro atoms. The van der Waals surface area contributed by atoms with Gasteiger partial charge in [0.15, 0.2) is 10.9 Å². The minimum atomic E-state index is -1.15. The quantitative estimate of drug-likeness (QED) is 0.114. The third-order valence-electron chi connectivity index (χ3n) is 6.51. The second kappa shape index (κ2) is 8.60. The number of nitrogens with zero attached hydrogens (tertiary/aromatic N) is 5. The number of aryl methyl sites for hydroxylation is 2. The second-order valence-corrected chi connectivity index (χ2v) is 9.97. The number of aromatic nitrogens is 3. The second-order valence-electron chi connectivity index (χ2n) is 8.96. The van der Waals surface area contributed by atoms with E-state index in [1.54, 1.807) is 41.8 Å². The van der Waals surface area contributed by atoms with E-state index in [1.807, 2.05) is 25.1 Å². The van der Waals surface area contributed by atoms with E-state index < -0.39 is 28.4 Å². The number of hydrogen-bond acceptors (Lipinski definition) is 8. The number of amides is 1. The highest BCUT2D eigenvalue weighted by Gasteiger charge is 2.49. The first kappa shape index (κ1) is 23.5. The Balaban J connectivity index is 1.63. The van der Waals surface area contributed by atoms with Crippen molar-refractivity contribution >= 4 is 55.5 Å². The number of thiazole rings is 1. The molecule has 1 N–H and O–H groups in total. The molecule has 3 aromatic heterocycles. The number of rotatable bonds is 4. The third-order valence-corrected chi connectivity index (χ3v) is 7.53. The maximum absolute atomic E-state index is 13.5. The summed E-state index contributed by atoms with van der Waals surface area (Å²) in [6.45, 7) is 3.63. The van der Waals surface area contributed by atoms with Crippen molar-refractivity contribution in [3.63, 3.8) is 0 Å². The van der Waals surface area contributed by atoms with Crippen LogP contribution in [0.3, 0.4) is 0 Å². The number of hydrogen-bond donors (Lipinski definition) is 1. The van der Waals surface area contributed by atoms with Gasteiger partial charge in [-0.05, 0) is 49.2 Å². The van der Waals surface area contributed by atoms with Gasteiger partial charge in [-0.2, -0.15) is 0 Å². The molecule has 6 rings (SSSR count). The molecule has 0 radical (unpaired) electrons. The molecule has 1 aliphatic heterocycles. The molecule has 11 heteroatoms. The van der Waals surface area contributed by atoms with Crippen molar-refractivity contribution in [2.45, 2.75) is 19.9 Å². The summed E-state index contributed by atoms with van der Waals surface area (Å²) in [6, 6.07) is 15.5. The highest BCUT2D eigenvalue weighted by atomic mass is 32.1. The summed E-state index contributed by atoms with van der Waals surface area (Å²) < 4.78 is 2.44. The molecule has 4 heterocycles. The van der Waals surface area contributed by atoms with Crippen LogP contribution in [0.25, 0.3) is 21.6 Å². The molecule has 1 unspecified atom stereocenters. The van der Waals surface area contributed by atoms with Crippen LogP contribution in [0.15, 0.2) is 72.4 Å². The van der Waals surface area contributed by atoms with Crippen LogP contribution in [-0.2, 0) is 9.59 Å². The zero-order valence-electron chi connectivity index (χ0n) is 20.2. The zero-order valence-corrected chi connectivity index (χ0v) is 21.0. The average molecular weight is 526 g/mol. The first-order chi connectivity index (χ1) is 18.2. The standard InChI is InChI=1S/C27H19N5O5S/c1-14-9-10-18-19(12-14)38-27(29-18)31-23(16-6-5-7-17(13-16)32(36)37)21(25(34)26(31)35)24(33)22-15(2)28-20-8-3-4-11-30(20)22/h3-13,23,33H,1-2H3. The van der Waals surface area contributed by atoms with E-state index in [-0.39, 0.29) is 22.1 Å². The Morgan fingerprint density at radius 3 is 2.66 bits per heavy atom. The summed E-state index contributed by atoms with van der Waals surface area (Å²) in [6.07, 6.45) is 1.69. The van der Waals surface area contributed by atoms with E-state index in [2.05, 4.69) is 9.97 Å². The van der Waals surface area contributed by atoms with Gasteiger partial charge >= 0.3 is 5.91 Å². The molecule has 1 amide bonds. The lowest BCUT2D eigenvalue weighted by atomic mass is 9.96. The fourth-order valence-corrected chi connectivity index (χ4v) is 5.89. The predicted octanol–water partition coefficient (Wildman–Crippen LogP) is 5.10. The highest BCUT2D eigenvalue weighted by Crippen LogP contribution is 2.45. The van der Waals surface area contributed by atoms with Crippen LogP contribution in [0.2, 0.25) is 0 Å². The van der Waals surface area contributed by atoms with Gasteiger partial charge < -0.3 is 5.11 Å². The smallest absolute Gasteiger partial charge is 0.301 e. The fraction of sp³-hybridized carbons (Fsp3) is 0.111. The maximum atomic E-state index is 13.5. The summed E-state index contributed by atoms with van der Waals surface area (Å²) in [5.41, 5.74) is 2.80. The molecule has 0 bridgehead atoms. The number of Topliss-reactive ketones (excluding diaryl/α,β-unsaturated/α-hetero) is 1. The van der Waals surface area contributed by atoms with Crippen molar-refractivity contribution < 1.29 is 19.6 Å². The van der Waals surface area contributed by atoms with E-state index in [1.165, 1.54) is 34.4 Å². The molecule has 1 saturated heterocycles. The predicted molar refractivity (Wildman–Crippen MR) is 142 cm³/mol. The van der Waals surface area contributed by atoms with Gasteiger partial charge in [0.1, 0.15) is 11.3 Å². The number of carbonyl (C=O) groups is 2. The Bertz CT molecular complexity index is 1850. The fourth-order valence-electron chi connectivity index (χ4n) is 4.80. The van der Waals surface area contributed by atoms with E-state index in [0.29, 0.717) is 22.4 Å². The van der Waals surface area contributed by atoms with Crippen molar-refractivity contribution in [1.29, 1.82) is 0 Å². The van der Waals surface area contributed by atoms with Gasteiger partial charge in [0.25, 0.3) is 11.5 Å². The lowest BCUT2D eigenvalue weighted by Gasteiger charge is -2.22. The van der Waals surface area contributed by atoms with E-state index in [9.17, 15) is 24.8 Å².